The molecule has 7 heteroatoms. The third-order valence-corrected chi connectivity index (χ3v) is 5.31. The summed E-state index contributed by atoms with van der Waals surface area (Å²) >= 11 is 0. The van der Waals surface area contributed by atoms with E-state index in [-0.39, 0.29) is 6.42 Å². The Morgan fingerprint density at radius 1 is 1.21 bits per heavy atom. The first-order valence-corrected chi connectivity index (χ1v) is 9.56. The molecule has 0 aliphatic heterocycles. The molecule has 3 aromatic heterocycles. The van der Waals surface area contributed by atoms with E-state index >= 15 is 0 Å². The quantitative estimate of drug-likeness (QED) is 0.687. The number of hydrogen-bond donors (Lipinski definition) is 2. The Bertz CT molecular complexity index is 993. The molecule has 0 spiro atoms. The zero-order chi connectivity index (χ0) is 19.9. The second kappa shape index (κ2) is 6.81. The van der Waals surface area contributed by atoms with Crippen molar-refractivity contribution >= 4 is 11.5 Å². The molecule has 1 aliphatic rings. The third kappa shape index (κ3) is 3.58. The van der Waals surface area contributed by atoms with Crippen molar-refractivity contribution in [1.82, 2.24) is 14.4 Å². The number of halogens is 2. The van der Waals surface area contributed by atoms with Crippen LogP contribution in [0.4, 0.5) is 14.6 Å². The summed E-state index contributed by atoms with van der Waals surface area (Å²) < 4.78 is 30.2. The van der Waals surface area contributed by atoms with Gasteiger partial charge in [0.05, 0.1) is 29.2 Å². The molecule has 2 N–H and O–H groups in total. The van der Waals surface area contributed by atoms with E-state index < -0.39 is 17.6 Å². The largest absolute Gasteiger partial charge is 0.386 e. The van der Waals surface area contributed by atoms with Gasteiger partial charge in [0, 0.05) is 12.6 Å². The van der Waals surface area contributed by atoms with Crippen LogP contribution in [-0.2, 0) is 5.60 Å². The van der Waals surface area contributed by atoms with Crippen LogP contribution in [0.5, 0.6) is 0 Å². The van der Waals surface area contributed by atoms with E-state index in [0.29, 0.717) is 24.4 Å². The average Bonchev–Trinajstić information content (AvgIpc) is 3.06. The summed E-state index contributed by atoms with van der Waals surface area (Å²) in [5.74, 6) is -2.29. The van der Waals surface area contributed by atoms with Gasteiger partial charge in [-0.25, -0.2) is 18.7 Å². The van der Waals surface area contributed by atoms with E-state index in [2.05, 4.69) is 15.3 Å². The second-order valence-corrected chi connectivity index (χ2v) is 7.96. The zero-order valence-electron chi connectivity index (χ0n) is 16.0. The van der Waals surface area contributed by atoms with E-state index in [1.165, 1.54) is 0 Å². The van der Waals surface area contributed by atoms with Crippen LogP contribution in [0.15, 0.2) is 42.7 Å². The van der Waals surface area contributed by atoms with Crippen molar-refractivity contribution in [2.24, 2.45) is 0 Å². The lowest BCUT2D eigenvalue weighted by molar-refractivity contribution is -0.0449. The number of aliphatic hydroxyl groups is 1. The van der Waals surface area contributed by atoms with Gasteiger partial charge >= 0.3 is 0 Å². The lowest BCUT2D eigenvalue weighted by Gasteiger charge is -2.32. The molecule has 1 atom stereocenters. The van der Waals surface area contributed by atoms with Crippen LogP contribution in [0.1, 0.15) is 45.1 Å². The predicted octanol–water partition coefficient (Wildman–Crippen LogP) is 4.61. The monoisotopic (exact) mass is 386 g/mol. The maximum atomic E-state index is 14.2. The van der Waals surface area contributed by atoms with Crippen LogP contribution in [0.3, 0.4) is 0 Å². The number of imidazole rings is 1. The summed E-state index contributed by atoms with van der Waals surface area (Å²) in [7, 11) is 0. The van der Waals surface area contributed by atoms with Crippen LogP contribution in [0, 0.1) is 0 Å². The summed E-state index contributed by atoms with van der Waals surface area (Å²) in [6.07, 6.45) is 5.23. The molecule has 0 amide bonds. The fourth-order valence-electron chi connectivity index (χ4n) is 3.64. The topological polar surface area (TPSA) is 62.5 Å². The van der Waals surface area contributed by atoms with Crippen LogP contribution >= 0.6 is 0 Å². The highest BCUT2D eigenvalue weighted by molar-refractivity contribution is 5.62. The maximum Gasteiger partial charge on any atom is 0.267 e. The molecule has 28 heavy (non-hydrogen) atoms. The van der Waals surface area contributed by atoms with Crippen molar-refractivity contribution in [2.45, 2.75) is 57.1 Å². The number of fused-ring (bicyclic) bond motifs is 1. The molecular formula is C21H24F2N4O. The number of rotatable bonds is 4. The fraction of sp³-hybridized carbons (Fsp3) is 0.429. The number of anilines is 1. The normalized spacial score (nSPS) is 19.7. The Kier molecular flexibility index (Phi) is 4.57. The molecule has 3 heterocycles. The second-order valence-electron chi connectivity index (χ2n) is 7.96. The molecule has 3 aromatic rings. The smallest absolute Gasteiger partial charge is 0.267 e. The van der Waals surface area contributed by atoms with Crippen molar-refractivity contribution in [3.8, 4) is 11.4 Å². The number of aromatic nitrogens is 3. The molecule has 0 saturated heterocycles. The van der Waals surface area contributed by atoms with E-state index in [9.17, 15) is 13.9 Å². The Labute approximate surface area is 162 Å². The van der Waals surface area contributed by atoms with Crippen molar-refractivity contribution in [1.29, 1.82) is 0 Å². The van der Waals surface area contributed by atoms with E-state index in [1.54, 1.807) is 32.2 Å². The molecule has 0 radical (unpaired) electrons. The summed E-state index contributed by atoms with van der Waals surface area (Å²) in [5, 5.41) is 13.2. The van der Waals surface area contributed by atoms with Crippen molar-refractivity contribution in [3.05, 3.63) is 48.3 Å². The summed E-state index contributed by atoms with van der Waals surface area (Å²) in [4.78, 5) is 8.94. The predicted molar refractivity (Wildman–Crippen MR) is 104 cm³/mol. The number of hydrogen-bond acceptors (Lipinski definition) is 4. The first-order chi connectivity index (χ1) is 13.2. The Morgan fingerprint density at radius 3 is 2.79 bits per heavy atom. The van der Waals surface area contributed by atoms with E-state index in [4.69, 9.17) is 0 Å². The molecule has 1 fully saturated rings. The first kappa shape index (κ1) is 18.8. The molecule has 5 nitrogen and oxygen atoms in total. The Morgan fingerprint density at radius 2 is 2.04 bits per heavy atom. The zero-order valence-corrected chi connectivity index (χ0v) is 16.0. The standard InChI is InChI=1S/C21H24F2N4O/c1-20(2,28)14-9-10-19-24-12-16(27(19)13-14)15-6-5-8-18(25-15)26-17-7-3-4-11-21(17,22)23/h5-6,8-10,12-13,17,28H,3-4,7,11H2,1-2H3,(H,25,26)/t17-/m0/s1. The first-order valence-electron chi connectivity index (χ1n) is 9.56. The molecule has 0 bridgehead atoms. The molecule has 4 rings (SSSR count). The number of alkyl halides is 2. The van der Waals surface area contributed by atoms with Gasteiger partial charge in [-0.1, -0.05) is 18.6 Å². The van der Waals surface area contributed by atoms with E-state index in [1.807, 2.05) is 28.8 Å². The Hall–Kier alpha value is -2.54. The van der Waals surface area contributed by atoms with Gasteiger partial charge in [-0.3, -0.25) is 4.40 Å². The minimum absolute atomic E-state index is 0.0860. The molecule has 1 saturated carbocycles. The van der Waals surface area contributed by atoms with Gasteiger partial charge < -0.3 is 10.4 Å². The van der Waals surface area contributed by atoms with Crippen LogP contribution in [-0.4, -0.2) is 31.4 Å². The van der Waals surface area contributed by atoms with Crippen molar-refractivity contribution < 1.29 is 13.9 Å². The highest BCUT2D eigenvalue weighted by atomic mass is 19.3. The summed E-state index contributed by atoms with van der Waals surface area (Å²) in [6, 6.07) is 8.10. The molecule has 0 unspecified atom stereocenters. The SMILES string of the molecule is CC(C)(O)c1ccc2ncc(-c3cccc(N[C@H]4CCCCC4(F)F)n3)n2c1. The maximum absolute atomic E-state index is 14.2. The highest BCUT2D eigenvalue weighted by Crippen LogP contribution is 2.35. The minimum atomic E-state index is -2.72. The number of nitrogens with zero attached hydrogens (tertiary/aromatic N) is 3. The molecule has 0 aromatic carbocycles. The molecule has 1 aliphatic carbocycles. The number of pyridine rings is 2. The fourth-order valence-corrected chi connectivity index (χ4v) is 3.64. The molecular weight excluding hydrogens is 362 g/mol. The highest BCUT2D eigenvalue weighted by Gasteiger charge is 2.41. The molecule has 148 valence electrons. The minimum Gasteiger partial charge on any atom is -0.386 e. The Balaban J connectivity index is 1.68. The number of nitrogens with one attached hydrogen (secondary N) is 1. The summed E-state index contributed by atoms with van der Waals surface area (Å²) in [6.45, 7) is 3.44. The van der Waals surface area contributed by atoms with Crippen molar-refractivity contribution in [2.75, 3.05) is 5.32 Å². The lowest BCUT2D eigenvalue weighted by atomic mass is 9.91. The van der Waals surface area contributed by atoms with E-state index in [0.717, 1.165) is 23.3 Å². The van der Waals surface area contributed by atoms with Crippen molar-refractivity contribution in [3.63, 3.8) is 0 Å². The van der Waals surface area contributed by atoms with Gasteiger partial charge in [0.1, 0.15) is 11.5 Å². The lowest BCUT2D eigenvalue weighted by Crippen LogP contribution is -2.42. The van der Waals surface area contributed by atoms with Gasteiger partial charge in [0.2, 0.25) is 0 Å². The van der Waals surface area contributed by atoms with Gasteiger partial charge in [0.15, 0.2) is 0 Å². The van der Waals surface area contributed by atoms with Gasteiger partial charge in [-0.15, -0.1) is 0 Å². The van der Waals surface area contributed by atoms with Gasteiger partial charge in [-0.2, -0.15) is 0 Å². The van der Waals surface area contributed by atoms with Gasteiger partial charge in [0.25, 0.3) is 5.92 Å². The third-order valence-electron chi connectivity index (χ3n) is 5.31. The van der Waals surface area contributed by atoms with Crippen LogP contribution in [0.25, 0.3) is 17.0 Å². The average molecular weight is 386 g/mol. The van der Waals surface area contributed by atoms with Gasteiger partial charge in [-0.05, 0) is 50.5 Å². The van der Waals surface area contributed by atoms with Crippen LogP contribution in [0.2, 0.25) is 0 Å². The summed E-state index contributed by atoms with van der Waals surface area (Å²) in [5.41, 5.74) is 1.85. The van der Waals surface area contributed by atoms with Crippen LogP contribution < -0.4 is 5.32 Å².